The van der Waals surface area contributed by atoms with Crippen LogP contribution in [0.3, 0.4) is 0 Å². The molecule has 4 nitrogen and oxygen atoms in total. The van der Waals surface area contributed by atoms with Crippen LogP contribution in [0, 0.1) is 6.92 Å². The zero-order chi connectivity index (χ0) is 15.1. The second-order valence-electron chi connectivity index (χ2n) is 5.49. The van der Waals surface area contributed by atoms with Crippen LogP contribution in [0.1, 0.15) is 19.4 Å². The van der Waals surface area contributed by atoms with E-state index in [4.69, 9.17) is 11.6 Å². The minimum absolute atomic E-state index is 0.0566. The molecule has 0 bridgehead atoms. The predicted molar refractivity (Wildman–Crippen MR) is 81.6 cm³/mol. The molecule has 0 amide bonds. The lowest BCUT2D eigenvalue weighted by Crippen LogP contribution is -2.57. The minimum atomic E-state index is -3.48. The fourth-order valence-corrected chi connectivity index (χ4v) is 4.44. The van der Waals surface area contributed by atoms with Crippen molar-refractivity contribution in [3.63, 3.8) is 0 Å². The summed E-state index contributed by atoms with van der Waals surface area (Å²) in [5.41, 5.74) is 0.880. The molecule has 1 saturated heterocycles. The van der Waals surface area contributed by atoms with Crippen molar-refractivity contribution in [1.82, 2.24) is 9.21 Å². The van der Waals surface area contributed by atoms with Crippen molar-refractivity contribution >= 4 is 21.6 Å². The summed E-state index contributed by atoms with van der Waals surface area (Å²) >= 11 is 6.06. The summed E-state index contributed by atoms with van der Waals surface area (Å²) in [6.07, 6.45) is 0. The molecule has 0 N–H and O–H groups in total. The van der Waals surface area contributed by atoms with Gasteiger partial charge < -0.3 is 4.90 Å². The summed E-state index contributed by atoms with van der Waals surface area (Å²) in [6, 6.07) is 5.06. The van der Waals surface area contributed by atoms with Gasteiger partial charge in [-0.3, -0.25) is 0 Å². The van der Waals surface area contributed by atoms with E-state index in [-0.39, 0.29) is 17.0 Å². The Bertz CT molecular complexity index is 603. The Labute approximate surface area is 126 Å². The first-order valence-electron chi connectivity index (χ1n) is 6.73. The first-order valence-corrected chi connectivity index (χ1v) is 8.55. The van der Waals surface area contributed by atoms with Gasteiger partial charge in [0.05, 0.1) is 4.90 Å². The van der Waals surface area contributed by atoms with Crippen LogP contribution in [0.2, 0.25) is 5.02 Å². The van der Waals surface area contributed by atoms with E-state index in [9.17, 15) is 8.42 Å². The Morgan fingerprint density at radius 1 is 1.20 bits per heavy atom. The molecule has 1 heterocycles. The topological polar surface area (TPSA) is 40.6 Å². The van der Waals surface area contributed by atoms with Crippen molar-refractivity contribution in [2.24, 2.45) is 0 Å². The van der Waals surface area contributed by atoms with Crippen LogP contribution in [0.15, 0.2) is 23.1 Å². The van der Waals surface area contributed by atoms with Crippen molar-refractivity contribution in [3.8, 4) is 0 Å². The van der Waals surface area contributed by atoms with Gasteiger partial charge in [0.15, 0.2) is 0 Å². The molecule has 6 heteroatoms. The van der Waals surface area contributed by atoms with Gasteiger partial charge in [0.1, 0.15) is 0 Å². The predicted octanol–water partition coefficient (Wildman–Crippen LogP) is 2.36. The number of benzene rings is 1. The number of hydrogen-bond donors (Lipinski definition) is 0. The highest BCUT2D eigenvalue weighted by Gasteiger charge is 2.36. The van der Waals surface area contributed by atoms with Gasteiger partial charge in [-0.1, -0.05) is 17.7 Å². The Morgan fingerprint density at radius 2 is 1.85 bits per heavy atom. The maximum absolute atomic E-state index is 12.8. The maximum atomic E-state index is 12.8. The van der Waals surface area contributed by atoms with E-state index in [0.717, 1.165) is 12.1 Å². The monoisotopic (exact) mass is 316 g/mol. The number of sulfonamides is 1. The van der Waals surface area contributed by atoms with Gasteiger partial charge in [-0.2, -0.15) is 4.31 Å². The first-order chi connectivity index (χ1) is 9.25. The van der Waals surface area contributed by atoms with Gasteiger partial charge in [0, 0.05) is 30.2 Å². The van der Waals surface area contributed by atoms with E-state index < -0.39 is 10.0 Å². The zero-order valence-electron chi connectivity index (χ0n) is 12.3. The molecule has 0 saturated carbocycles. The van der Waals surface area contributed by atoms with Crippen LogP contribution in [0.4, 0.5) is 0 Å². The minimum Gasteiger partial charge on any atom is -0.301 e. The van der Waals surface area contributed by atoms with E-state index in [1.54, 1.807) is 22.5 Å². The Hall–Kier alpha value is -0.620. The van der Waals surface area contributed by atoms with Crippen molar-refractivity contribution in [1.29, 1.82) is 0 Å². The van der Waals surface area contributed by atoms with Gasteiger partial charge >= 0.3 is 0 Å². The summed E-state index contributed by atoms with van der Waals surface area (Å²) < 4.78 is 27.1. The lowest BCUT2D eigenvalue weighted by atomic mass is 10.1. The average molecular weight is 317 g/mol. The van der Waals surface area contributed by atoms with Crippen LogP contribution in [0.25, 0.3) is 0 Å². The van der Waals surface area contributed by atoms with Crippen LogP contribution >= 0.6 is 11.6 Å². The quantitative estimate of drug-likeness (QED) is 0.841. The lowest BCUT2D eigenvalue weighted by Gasteiger charge is -2.42. The molecular weight excluding hydrogens is 296 g/mol. The molecule has 1 fully saturated rings. The fourth-order valence-electron chi connectivity index (χ4n) is 2.48. The number of likely N-dealkylation sites (N-methyl/N-ethyl adjacent to an activating group) is 1. The van der Waals surface area contributed by atoms with Crippen molar-refractivity contribution < 1.29 is 8.42 Å². The van der Waals surface area contributed by atoms with Gasteiger partial charge in [-0.25, -0.2) is 8.42 Å². The number of rotatable bonds is 2. The van der Waals surface area contributed by atoms with Crippen LogP contribution in [-0.4, -0.2) is 49.8 Å². The largest absolute Gasteiger partial charge is 0.301 e. The van der Waals surface area contributed by atoms with E-state index in [1.165, 1.54) is 0 Å². The van der Waals surface area contributed by atoms with E-state index in [1.807, 2.05) is 20.9 Å². The molecule has 0 aromatic heterocycles. The summed E-state index contributed by atoms with van der Waals surface area (Å²) in [5.74, 6) is 0. The molecule has 0 aliphatic carbocycles. The van der Waals surface area contributed by atoms with Gasteiger partial charge in [0.2, 0.25) is 10.0 Å². The molecule has 1 aromatic carbocycles. The Kier molecular flexibility index (Phi) is 4.44. The highest BCUT2D eigenvalue weighted by molar-refractivity contribution is 7.89. The fraction of sp³-hybridized carbons (Fsp3) is 0.571. The van der Waals surface area contributed by atoms with Crippen molar-refractivity contribution in [2.75, 3.05) is 20.1 Å². The summed E-state index contributed by atoms with van der Waals surface area (Å²) in [7, 11) is -1.46. The molecule has 1 aliphatic heterocycles. The van der Waals surface area contributed by atoms with Gasteiger partial charge in [-0.15, -0.1) is 0 Å². The molecule has 20 heavy (non-hydrogen) atoms. The third kappa shape index (κ3) is 2.72. The van der Waals surface area contributed by atoms with Gasteiger partial charge in [0.25, 0.3) is 0 Å². The molecule has 1 aliphatic rings. The number of halogens is 1. The van der Waals surface area contributed by atoms with E-state index in [2.05, 4.69) is 11.8 Å². The highest BCUT2D eigenvalue weighted by atomic mass is 35.5. The normalized spacial score (nSPS) is 25.9. The molecule has 0 unspecified atom stereocenters. The molecular formula is C14H21ClN2O2S. The Balaban J connectivity index is 2.37. The van der Waals surface area contributed by atoms with Crippen LogP contribution in [0.5, 0.6) is 0 Å². The standard InChI is InChI=1S/C14H21ClN2O2S/c1-10-5-6-13(9-14(10)15)20(18,19)17-8-7-16(4)11(2)12(17)3/h5-6,9,11-12H,7-8H2,1-4H3/t11-,12+/m1/s1. The highest BCUT2D eigenvalue weighted by Crippen LogP contribution is 2.27. The smallest absolute Gasteiger partial charge is 0.243 e. The van der Waals surface area contributed by atoms with Crippen LogP contribution < -0.4 is 0 Å². The Morgan fingerprint density at radius 3 is 2.45 bits per heavy atom. The van der Waals surface area contributed by atoms with Crippen molar-refractivity contribution in [3.05, 3.63) is 28.8 Å². The number of hydrogen-bond acceptors (Lipinski definition) is 3. The number of piperazine rings is 1. The molecule has 1 aromatic rings. The lowest BCUT2D eigenvalue weighted by molar-refractivity contribution is 0.109. The third-order valence-corrected chi connectivity index (χ3v) is 6.66. The number of aryl methyl sites for hydroxylation is 1. The molecule has 0 radical (unpaired) electrons. The van der Waals surface area contributed by atoms with E-state index >= 15 is 0 Å². The SMILES string of the molecule is Cc1ccc(S(=O)(=O)N2CCN(C)[C@H](C)[C@@H]2C)cc1Cl. The second kappa shape index (κ2) is 5.64. The zero-order valence-corrected chi connectivity index (χ0v) is 13.9. The first kappa shape index (κ1) is 15.8. The molecule has 112 valence electrons. The third-order valence-electron chi connectivity index (χ3n) is 4.27. The van der Waals surface area contributed by atoms with E-state index in [0.29, 0.717) is 11.6 Å². The summed E-state index contributed by atoms with van der Waals surface area (Å²) in [4.78, 5) is 2.45. The number of nitrogens with zero attached hydrogens (tertiary/aromatic N) is 2. The maximum Gasteiger partial charge on any atom is 0.243 e. The second-order valence-corrected chi connectivity index (χ2v) is 7.79. The average Bonchev–Trinajstić information content (AvgIpc) is 2.38. The summed E-state index contributed by atoms with van der Waals surface area (Å²) in [5, 5.41) is 0.487. The summed E-state index contributed by atoms with van der Waals surface area (Å²) in [6.45, 7) is 7.11. The molecule has 2 rings (SSSR count). The van der Waals surface area contributed by atoms with Gasteiger partial charge in [-0.05, 0) is 45.5 Å². The van der Waals surface area contributed by atoms with Crippen molar-refractivity contribution in [2.45, 2.75) is 37.8 Å². The molecule has 2 atom stereocenters. The van der Waals surface area contributed by atoms with Crippen LogP contribution in [-0.2, 0) is 10.0 Å². The molecule has 0 spiro atoms.